The van der Waals surface area contributed by atoms with E-state index in [-0.39, 0.29) is 18.1 Å². The van der Waals surface area contributed by atoms with Crippen molar-refractivity contribution in [3.8, 4) is 0 Å². The number of Topliss-reactive ketones (excluding diaryl/α,β-unsaturated/α-hetero) is 1. The average molecular weight is 255 g/mol. The molecule has 1 aliphatic rings. The molecule has 0 unspecified atom stereocenters. The number of aromatic nitrogens is 1. The van der Waals surface area contributed by atoms with E-state index >= 15 is 0 Å². The molecule has 96 valence electrons. The van der Waals surface area contributed by atoms with Crippen LogP contribution in [0.4, 0.5) is 0 Å². The zero-order chi connectivity index (χ0) is 13.7. The van der Waals surface area contributed by atoms with Crippen LogP contribution >= 0.6 is 0 Å². The number of hydrogen-bond acceptors (Lipinski definition) is 4. The van der Waals surface area contributed by atoms with Crippen molar-refractivity contribution in [3.63, 3.8) is 0 Å². The number of aliphatic hydroxyl groups is 2. The van der Waals surface area contributed by atoms with Crippen molar-refractivity contribution in [2.45, 2.75) is 20.5 Å². The van der Waals surface area contributed by atoms with E-state index in [4.69, 9.17) is 0 Å². The molecule has 0 saturated carbocycles. The fraction of sp³-hybridized carbons (Fsp3) is 0.200. The van der Waals surface area contributed by atoms with Crippen molar-refractivity contribution in [1.82, 2.24) is 4.98 Å². The molecule has 4 heteroatoms. The van der Waals surface area contributed by atoms with E-state index in [1.165, 1.54) is 0 Å². The highest BCUT2D eigenvalue weighted by atomic mass is 16.3. The minimum absolute atomic E-state index is 0.178. The molecule has 2 aromatic rings. The Morgan fingerprint density at radius 2 is 2.00 bits per heavy atom. The Hall–Kier alpha value is -2.20. The Bertz CT molecular complexity index is 760. The molecule has 1 aliphatic carbocycles. The van der Waals surface area contributed by atoms with Gasteiger partial charge in [-0.25, -0.2) is 0 Å². The number of allylic oxidation sites excluding steroid dienone is 2. The van der Waals surface area contributed by atoms with E-state index in [0.29, 0.717) is 16.8 Å². The first-order chi connectivity index (χ1) is 9.06. The molecule has 0 amide bonds. The van der Waals surface area contributed by atoms with Gasteiger partial charge < -0.3 is 10.2 Å². The van der Waals surface area contributed by atoms with Crippen molar-refractivity contribution in [1.29, 1.82) is 0 Å². The highest BCUT2D eigenvalue weighted by Crippen LogP contribution is 2.37. The van der Waals surface area contributed by atoms with Crippen LogP contribution in [0.2, 0.25) is 0 Å². The second-order valence-corrected chi connectivity index (χ2v) is 4.76. The molecule has 0 spiro atoms. The molecule has 0 aliphatic heterocycles. The van der Waals surface area contributed by atoms with Gasteiger partial charge >= 0.3 is 0 Å². The topological polar surface area (TPSA) is 70.4 Å². The average Bonchev–Trinajstić information content (AvgIpc) is 2.42. The molecule has 19 heavy (non-hydrogen) atoms. The van der Waals surface area contributed by atoms with Gasteiger partial charge in [0, 0.05) is 33.7 Å². The molecule has 1 aromatic carbocycles. The molecule has 0 bridgehead atoms. The fourth-order valence-electron chi connectivity index (χ4n) is 2.62. The molecule has 0 atom stereocenters. The third-order valence-electron chi connectivity index (χ3n) is 3.69. The van der Waals surface area contributed by atoms with E-state index in [9.17, 15) is 15.0 Å². The Balaban J connectivity index is 2.57. The second kappa shape index (κ2) is 3.90. The maximum Gasteiger partial charge on any atom is 0.228 e. The fourth-order valence-corrected chi connectivity index (χ4v) is 2.62. The summed E-state index contributed by atoms with van der Waals surface area (Å²) < 4.78 is 0. The third kappa shape index (κ3) is 1.43. The number of carbonyl (C=O) groups is 1. The molecule has 0 fully saturated rings. The van der Waals surface area contributed by atoms with E-state index in [2.05, 4.69) is 4.98 Å². The highest BCUT2D eigenvalue weighted by Gasteiger charge is 2.27. The summed E-state index contributed by atoms with van der Waals surface area (Å²) in [6.45, 7) is 3.36. The summed E-state index contributed by atoms with van der Waals surface area (Å²) in [6.07, 6.45) is 1.61. The number of pyridine rings is 1. The lowest BCUT2D eigenvalue weighted by Gasteiger charge is -2.20. The zero-order valence-electron chi connectivity index (χ0n) is 10.7. The molecule has 0 radical (unpaired) electrons. The number of carbonyl (C=O) groups excluding carboxylic acids is 1. The second-order valence-electron chi connectivity index (χ2n) is 4.76. The summed E-state index contributed by atoms with van der Waals surface area (Å²) in [5.74, 6) is -0.579. The number of aliphatic hydroxyl groups excluding tert-OH is 2. The predicted octanol–water partition coefficient (Wildman–Crippen LogP) is 2.52. The monoisotopic (exact) mass is 255 g/mol. The van der Waals surface area contributed by atoms with E-state index < -0.39 is 0 Å². The zero-order valence-corrected chi connectivity index (χ0v) is 10.7. The summed E-state index contributed by atoms with van der Waals surface area (Å²) in [4.78, 5) is 16.4. The van der Waals surface area contributed by atoms with Crippen LogP contribution in [0.5, 0.6) is 0 Å². The van der Waals surface area contributed by atoms with Crippen molar-refractivity contribution in [2.24, 2.45) is 0 Å². The van der Waals surface area contributed by atoms with E-state index in [0.717, 1.165) is 21.9 Å². The van der Waals surface area contributed by atoms with Crippen molar-refractivity contribution < 1.29 is 15.0 Å². The van der Waals surface area contributed by atoms with Crippen LogP contribution in [0.3, 0.4) is 0 Å². The molecular weight excluding hydrogens is 242 g/mol. The summed E-state index contributed by atoms with van der Waals surface area (Å²) in [5.41, 5.74) is 3.15. The largest absolute Gasteiger partial charge is 0.504 e. The first-order valence-electron chi connectivity index (χ1n) is 6.03. The Labute approximate surface area is 110 Å². The summed E-state index contributed by atoms with van der Waals surface area (Å²) in [7, 11) is 0. The first-order valence-corrected chi connectivity index (χ1v) is 6.03. The van der Waals surface area contributed by atoms with Gasteiger partial charge in [0.25, 0.3) is 0 Å². The lowest BCUT2D eigenvalue weighted by atomic mass is 9.85. The molecular formula is C15H13NO3. The van der Waals surface area contributed by atoms with Crippen LogP contribution in [-0.4, -0.2) is 21.0 Å². The van der Waals surface area contributed by atoms with Gasteiger partial charge in [-0.3, -0.25) is 9.78 Å². The van der Waals surface area contributed by atoms with Gasteiger partial charge in [0.2, 0.25) is 5.78 Å². The molecule has 2 N–H and O–H groups in total. The Kier molecular flexibility index (Phi) is 2.43. The Morgan fingerprint density at radius 1 is 1.26 bits per heavy atom. The molecule has 3 rings (SSSR count). The van der Waals surface area contributed by atoms with Gasteiger partial charge in [0.1, 0.15) is 0 Å². The van der Waals surface area contributed by atoms with Crippen molar-refractivity contribution in [3.05, 3.63) is 46.5 Å². The van der Waals surface area contributed by atoms with Crippen LogP contribution in [-0.2, 0) is 6.61 Å². The van der Waals surface area contributed by atoms with Crippen LogP contribution in [0.15, 0.2) is 24.1 Å². The lowest BCUT2D eigenvalue weighted by molar-refractivity contribution is 0.0979. The number of nitrogens with zero attached hydrogens (tertiary/aromatic N) is 1. The van der Waals surface area contributed by atoms with Crippen LogP contribution < -0.4 is 0 Å². The normalized spacial score (nSPS) is 14.4. The number of hydrogen-bond donors (Lipinski definition) is 2. The summed E-state index contributed by atoms with van der Waals surface area (Å²) in [6, 6.07) is 3.67. The van der Waals surface area contributed by atoms with Gasteiger partial charge in [-0.1, -0.05) is 12.1 Å². The SMILES string of the molecule is CC1=C(O)C(=O)c2c(C)ccc3c(CO)ncc1c23. The predicted molar refractivity (Wildman–Crippen MR) is 72.0 cm³/mol. The molecule has 1 aromatic heterocycles. The maximum absolute atomic E-state index is 12.2. The maximum atomic E-state index is 12.2. The van der Waals surface area contributed by atoms with Gasteiger partial charge in [-0.15, -0.1) is 0 Å². The van der Waals surface area contributed by atoms with Gasteiger partial charge in [0.15, 0.2) is 5.76 Å². The quantitative estimate of drug-likeness (QED) is 0.821. The molecule has 1 heterocycles. The number of benzene rings is 1. The minimum Gasteiger partial charge on any atom is -0.504 e. The smallest absolute Gasteiger partial charge is 0.228 e. The molecule has 4 nitrogen and oxygen atoms in total. The third-order valence-corrected chi connectivity index (χ3v) is 3.69. The van der Waals surface area contributed by atoms with Crippen molar-refractivity contribution in [2.75, 3.05) is 0 Å². The van der Waals surface area contributed by atoms with E-state index in [1.54, 1.807) is 13.1 Å². The number of aryl methyl sites for hydroxylation is 1. The number of rotatable bonds is 1. The Morgan fingerprint density at radius 3 is 2.68 bits per heavy atom. The summed E-state index contributed by atoms with van der Waals surface area (Å²) in [5, 5.41) is 20.8. The minimum atomic E-state index is -0.358. The standard InChI is InChI=1S/C15H13NO3/c1-7-3-4-9-11(6-17)16-5-10-8(2)14(18)15(19)12(7)13(9)10/h3-5,17-18H,6H2,1-2H3. The van der Waals surface area contributed by atoms with Crippen LogP contribution in [0.25, 0.3) is 16.3 Å². The van der Waals surface area contributed by atoms with E-state index in [1.807, 2.05) is 19.1 Å². The van der Waals surface area contributed by atoms with Gasteiger partial charge in [-0.2, -0.15) is 0 Å². The van der Waals surface area contributed by atoms with Gasteiger partial charge in [0.05, 0.1) is 12.3 Å². The van der Waals surface area contributed by atoms with Crippen LogP contribution in [0.1, 0.15) is 34.1 Å². The number of ketones is 1. The summed E-state index contributed by atoms with van der Waals surface area (Å²) >= 11 is 0. The lowest BCUT2D eigenvalue weighted by Crippen LogP contribution is -2.14. The van der Waals surface area contributed by atoms with Gasteiger partial charge in [-0.05, 0) is 19.4 Å². The first kappa shape index (κ1) is 11.9. The molecule has 0 saturated heterocycles. The highest BCUT2D eigenvalue weighted by molar-refractivity contribution is 6.24. The van der Waals surface area contributed by atoms with Crippen molar-refractivity contribution >= 4 is 22.1 Å². The van der Waals surface area contributed by atoms with Crippen LogP contribution in [0, 0.1) is 6.92 Å².